The lowest BCUT2D eigenvalue weighted by molar-refractivity contribution is -0.109. The number of benzene rings is 1. The highest BCUT2D eigenvalue weighted by Crippen LogP contribution is 2.18. The Hall–Kier alpha value is -1.95. The highest BCUT2D eigenvalue weighted by molar-refractivity contribution is 9.10. The predicted molar refractivity (Wildman–Crippen MR) is 85.1 cm³/mol. The number of carbonyl (C=O) groups is 2. The summed E-state index contributed by atoms with van der Waals surface area (Å²) in [5.74, 6) is -0.161. The van der Waals surface area contributed by atoms with Crippen LogP contribution >= 0.6 is 15.9 Å². The van der Waals surface area contributed by atoms with E-state index in [-0.39, 0.29) is 11.9 Å². The fraction of sp³-hybridized carbons (Fsp3) is 0.267. The Labute approximate surface area is 131 Å². The van der Waals surface area contributed by atoms with Crippen molar-refractivity contribution in [3.8, 4) is 0 Å². The average molecular weight is 350 g/mol. The number of nitrogens with zero attached hydrogens (tertiary/aromatic N) is 1. The molecule has 2 N–H and O–H groups in total. The molecule has 0 spiro atoms. The van der Waals surface area contributed by atoms with Gasteiger partial charge in [0.2, 0.25) is 6.41 Å². The summed E-state index contributed by atoms with van der Waals surface area (Å²) in [4.78, 5) is 26.6. The van der Waals surface area contributed by atoms with Gasteiger partial charge in [-0.05, 0) is 31.5 Å². The van der Waals surface area contributed by atoms with Crippen LogP contribution in [0.4, 0.5) is 0 Å². The maximum absolute atomic E-state index is 12.1. The molecule has 0 radical (unpaired) electrons. The number of carbonyl (C=O) groups excluding carboxylic acids is 2. The molecule has 0 fully saturated rings. The van der Waals surface area contributed by atoms with Gasteiger partial charge in [-0.1, -0.05) is 22.0 Å². The fourth-order valence-electron chi connectivity index (χ4n) is 1.96. The normalized spacial score (nSPS) is 11.9. The van der Waals surface area contributed by atoms with Gasteiger partial charge in [0, 0.05) is 28.6 Å². The van der Waals surface area contributed by atoms with E-state index in [1.165, 1.54) is 0 Å². The number of hydrogen-bond donors (Lipinski definition) is 2. The zero-order valence-electron chi connectivity index (χ0n) is 11.6. The first-order chi connectivity index (χ1) is 10.1. The zero-order chi connectivity index (χ0) is 15.2. The van der Waals surface area contributed by atoms with Crippen LogP contribution in [0.2, 0.25) is 0 Å². The molecule has 1 atom stereocenters. The van der Waals surface area contributed by atoms with Crippen molar-refractivity contribution in [3.63, 3.8) is 0 Å². The summed E-state index contributed by atoms with van der Waals surface area (Å²) in [5.41, 5.74) is 1.36. The molecule has 0 saturated heterocycles. The molecule has 2 aromatic rings. The van der Waals surface area contributed by atoms with Gasteiger partial charge in [-0.25, -0.2) is 0 Å². The van der Waals surface area contributed by atoms with E-state index in [1.54, 1.807) is 6.20 Å². The van der Waals surface area contributed by atoms with Gasteiger partial charge in [0.25, 0.3) is 5.91 Å². The van der Waals surface area contributed by atoms with E-state index in [4.69, 9.17) is 0 Å². The van der Waals surface area contributed by atoms with Crippen molar-refractivity contribution in [2.45, 2.75) is 19.4 Å². The van der Waals surface area contributed by atoms with Crippen molar-refractivity contribution in [2.24, 2.45) is 0 Å². The standard InChI is InChI=1S/C15H16BrN3O2/c1-10(4-5-17-9-20)19-15(21)12-6-11-2-3-13(16)7-14(11)18-8-12/h2-3,6-10H,4-5H2,1H3,(H,17,20)(H,19,21). The second-order valence-electron chi connectivity index (χ2n) is 4.80. The lowest BCUT2D eigenvalue weighted by Gasteiger charge is -2.13. The number of halogens is 1. The van der Waals surface area contributed by atoms with Gasteiger partial charge in [-0.3, -0.25) is 14.6 Å². The molecular formula is C15H16BrN3O2. The van der Waals surface area contributed by atoms with Crippen molar-refractivity contribution in [2.75, 3.05) is 6.54 Å². The molecule has 0 bridgehead atoms. The van der Waals surface area contributed by atoms with Crippen LogP contribution in [0.15, 0.2) is 34.9 Å². The number of fused-ring (bicyclic) bond motifs is 1. The molecule has 2 rings (SSSR count). The SMILES string of the molecule is CC(CCNC=O)NC(=O)c1cnc2cc(Br)ccc2c1. The van der Waals surface area contributed by atoms with Gasteiger partial charge in [-0.2, -0.15) is 0 Å². The van der Waals surface area contributed by atoms with Crippen LogP contribution in [0.5, 0.6) is 0 Å². The van der Waals surface area contributed by atoms with Crippen LogP contribution in [0.1, 0.15) is 23.7 Å². The van der Waals surface area contributed by atoms with Gasteiger partial charge in [-0.15, -0.1) is 0 Å². The quantitative estimate of drug-likeness (QED) is 0.620. The Balaban J connectivity index is 2.05. The Morgan fingerprint density at radius 1 is 1.43 bits per heavy atom. The lowest BCUT2D eigenvalue weighted by atomic mass is 10.1. The van der Waals surface area contributed by atoms with E-state index >= 15 is 0 Å². The highest BCUT2D eigenvalue weighted by atomic mass is 79.9. The number of aromatic nitrogens is 1. The Kier molecular flexibility index (Phi) is 5.27. The van der Waals surface area contributed by atoms with Crippen molar-refractivity contribution < 1.29 is 9.59 Å². The Bertz CT molecular complexity index is 660. The molecule has 6 heteroatoms. The molecule has 0 aliphatic rings. The third kappa shape index (κ3) is 4.26. The highest BCUT2D eigenvalue weighted by Gasteiger charge is 2.10. The summed E-state index contributed by atoms with van der Waals surface area (Å²) in [5, 5.41) is 6.38. The van der Waals surface area contributed by atoms with Crippen LogP contribution < -0.4 is 10.6 Å². The van der Waals surface area contributed by atoms with Gasteiger partial charge in [0.05, 0.1) is 11.1 Å². The minimum absolute atomic E-state index is 0.0226. The molecule has 1 unspecified atom stereocenters. The molecule has 2 amide bonds. The molecular weight excluding hydrogens is 334 g/mol. The second-order valence-corrected chi connectivity index (χ2v) is 5.71. The summed E-state index contributed by atoms with van der Waals surface area (Å²) >= 11 is 3.39. The maximum atomic E-state index is 12.1. The minimum Gasteiger partial charge on any atom is -0.359 e. The summed E-state index contributed by atoms with van der Waals surface area (Å²) in [7, 11) is 0. The van der Waals surface area contributed by atoms with Crippen LogP contribution in [0, 0.1) is 0 Å². The first-order valence-electron chi connectivity index (χ1n) is 6.63. The van der Waals surface area contributed by atoms with Gasteiger partial charge in [0.1, 0.15) is 0 Å². The number of pyridine rings is 1. The fourth-order valence-corrected chi connectivity index (χ4v) is 2.31. The third-order valence-electron chi connectivity index (χ3n) is 3.09. The summed E-state index contributed by atoms with van der Waals surface area (Å²) in [6.45, 7) is 2.44. The molecule has 1 heterocycles. The number of hydrogen-bond acceptors (Lipinski definition) is 3. The number of nitrogens with one attached hydrogen (secondary N) is 2. The topological polar surface area (TPSA) is 71.1 Å². The molecule has 21 heavy (non-hydrogen) atoms. The first kappa shape index (κ1) is 15.4. The van der Waals surface area contributed by atoms with E-state index in [2.05, 4.69) is 31.5 Å². The molecule has 5 nitrogen and oxygen atoms in total. The zero-order valence-corrected chi connectivity index (χ0v) is 13.2. The van der Waals surface area contributed by atoms with Crippen molar-refractivity contribution in [3.05, 3.63) is 40.5 Å². The number of amides is 2. The minimum atomic E-state index is -0.161. The van der Waals surface area contributed by atoms with Crippen molar-refractivity contribution in [1.82, 2.24) is 15.6 Å². The van der Waals surface area contributed by atoms with Crippen LogP contribution in [-0.4, -0.2) is 29.9 Å². The van der Waals surface area contributed by atoms with E-state index in [0.29, 0.717) is 24.9 Å². The Morgan fingerprint density at radius 3 is 3.00 bits per heavy atom. The second kappa shape index (κ2) is 7.17. The smallest absolute Gasteiger partial charge is 0.253 e. The summed E-state index contributed by atoms with van der Waals surface area (Å²) < 4.78 is 0.955. The molecule has 0 saturated carbocycles. The van der Waals surface area contributed by atoms with E-state index in [1.807, 2.05) is 31.2 Å². The molecule has 0 aliphatic carbocycles. The molecule has 1 aromatic heterocycles. The number of rotatable bonds is 6. The van der Waals surface area contributed by atoms with Gasteiger partial charge >= 0.3 is 0 Å². The van der Waals surface area contributed by atoms with Crippen LogP contribution in [-0.2, 0) is 4.79 Å². The average Bonchev–Trinajstić information content (AvgIpc) is 2.46. The van der Waals surface area contributed by atoms with Gasteiger partial charge < -0.3 is 10.6 Å². The molecule has 0 aliphatic heterocycles. The molecule has 110 valence electrons. The monoisotopic (exact) mass is 349 g/mol. The Morgan fingerprint density at radius 2 is 2.24 bits per heavy atom. The summed E-state index contributed by atoms with van der Waals surface area (Å²) in [6, 6.07) is 7.54. The van der Waals surface area contributed by atoms with E-state index < -0.39 is 0 Å². The van der Waals surface area contributed by atoms with Crippen molar-refractivity contribution in [1.29, 1.82) is 0 Å². The van der Waals surface area contributed by atoms with Crippen molar-refractivity contribution >= 4 is 39.2 Å². The van der Waals surface area contributed by atoms with Crippen LogP contribution in [0.25, 0.3) is 10.9 Å². The van der Waals surface area contributed by atoms with Gasteiger partial charge in [0.15, 0.2) is 0 Å². The van der Waals surface area contributed by atoms with Crippen LogP contribution in [0.3, 0.4) is 0 Å². The van der Waals surface area contributed by atoms with E-state index in [0.717, 1.165) is 15.4 Å². The largest absolute Gasteiger partial charge is 0.359 e. The maximum Gasteiger partial charge on any atom is 0.253 e. The predicted octanol–water partition coefficient (Wildman–Crippen LogP) is 2.25. The van der Waals surface area contributed by atoms with E-state index in [9.17, 15) is 9.59 Å². The lowest BCUT2D eigenvalue weighted by Crippen LogP contribution is -2.34. The third-order valence-corrected chi connectivity index (χ3v) is 3.58. The first-order valence-corrected chi connectivity index (χ1v) is 7.42. The summed E-state index contributed by atoms with van der Waals surface area (Å²) in [6.07, 6.45) is 2.90. The molecule has 1 aromatic carbocycles.